The van der Waals surface area contributed by atoms with Crippen LogP contribution in [0.4, 0.5) is 4.39 Å². The van der Waals surface area contributed by atoms with Crippen molar-refractivity contribution in [3.63, 3.8) is 0 Å². The molecule has 2 heteroatoms. The van der Waals surface area contributed by atoms with Gasteiger partial charge in [-0.3, -0.25) is 4.39 Å². The minimum Gasteiger partial charge on any atom is -0.251 e. The Labute approximate surface area is 46.9 Å². The Morgan fingerprint density at radius 3 is 2.29 bits per heavy atom. The molecule has 0 bridgehead atoms. The first kappa shape index (κ1) is 7.15. The molecule has 0 unspecified atom stereocenters. The average molecular weight is 120 g/mol. The van der Waals surface area contributed by atoms with E-state index in [1.165, 1.54) is 0 Å². The highest BCUT2D eigenvalue weighted by atomic mass is 28.2. The van der Waals surface area contributed by atoms with Crippen LogP contribution in [0.1, 0.15) is 13.8 Å². The molecule has 0 aromatic heterocycles. The monoisotopic (exact) mass is 120 g/mol. The van der Waals surface area contributed by atoms with Gasteiger partial charge in [0.05, 0.1) is 6.67 Å². The second-order valence-corrected chi connectivity index (χ2v) is 5.14. The highest BCUT2D eigenvalue weighted by molar-refractivity contribution is 6.37. The Kier molecular flexibility index (Phi) is 4.40. The van der Waals surface area contributed by atoms with Crippen molar-refractivity contribution in [3.8, 4) is 0 Å². The van der Waals surface area contributed by atoms with E-state index in [0.717, 1.165) is 11.6 Å². The maximum Gasteiger partial charge on any atom is 0.0866 e. The van der Waals surface area contributed by atoms with Crippen molar-refractivity contribution in [3.05, 3.63) is 0 Å². The van der Waals surface area contributed by atoms with E-state index >= 15 is 0 Å². The van der Waals surface area contributed by atoms with Crippen LogP contribution in [0.5, 0.6) is 0 Å². The van der Waals surface area contributed by atoms with Crippen LogP contribution in [0.2, 0.25) is 11.6 Å². The third kappa shape index (κ3) is 6.15. The second-order valence-electron chi connectivity index (χ2n) is 2.23. The zero-order valence-electron chi connectivity index (χ0n) is 5.08. The Morgan fingerprint density at radius 2 is 2.14 bits per heavy atom. The molecule has 0 aromatic carbocycles. The summed E-state index contributed by atoms with van der Waals surface area (Å²) in [6, 6.07) is 0.873. The highest BCUT2D eigenvalue weighted by Crippen LogP contribution is 1.99. The molecule has 0 amide bonds. The lowest BCUT2D eigenvalue weighted by atomic mass is 10.6. The number of hydrogen-bond donors (Lipinski definition) is 0. The molecule has 0 aliphatic carbocycles. The van der Waals surface area contributed by atoms with Gasteiger partial charge in [-0.2, -0.15) is 0 Å². The minimum absolute atomic E-state index is 0.0289. The van der Waals surface area contributed by atoms with Gasteiger partial charge in [0.15, 0.2) is 0 Å². The molecule has 44 valence electrons. The molecule has 0 rings (SSSR count). The van der Waals surface area contributed by atoms with E-state index in [4.69, 9.17) is 0 Å². The molecule has 0 aromatic rings. The largest absolute Gasteiger partial charge is 0.251 e. The maximum absolute atomic E-state index is 11.4. The summed E-state index contributed by atoms with van der Waals surface area (Å²) >= 11 is 0. The molecule has 0 aliphatic heterocycles. The highest BCUT2D eigenvalue weighted by Gasteiger charge is 1.91. The summed E-state index contributed by atoms with van der Waals surface area (Å²) in [4.78, 5) is 0. The summed E-state index contributed by atoms with van der Waals surface area (Å²) in [5, 5.41) is 0. The van der Waals surface area contributed by atoms with E-state index in [0.29, 0.717) is 0 Å². The number of rotatable bonds is 3. The van der Waals surface area contributed by atoms with Gasteiger partial charge in [-0.05, 0) is 6.04 Å². The minimum atomic E-state index is -0.0929. The van der Waals surface area contributed by atoms with E-state index in [2.05, 4.69) is 13.8 Å². The molecule has 0 N–H and O–H groups in total. The fraction of sp³-hybridized carbons (Fsp3) is 1.00. The first-order valence-electron chi connectivity index (χ1n) is 2.83. The van der Waals surface area contributed by atoms with E-state index in [1.807, 2.05) is 0 Å². The maximum atomic E-state index is 11.4. The Bertz CT molecular complexity index is 37.1. The van der Waals surface area contributed by atoms with E-state index < -0.39 is 0 Å². The van der Waals surface area contributed by atoms with Crippen LogP contribution in [0.25, 0.3) is 0 Å². The zero-order chi connectivity index (χ0) is 5.70. The van der Waals surface area contributed by atoms with Gasteiger partial charge >= 0.3 is 0 Å². The summed E-state index contributed by atoms with van der Waals surface area (Å²) in [5.74, 6) is 0. The number of halogens is 1. The Hall–Kier alpha value is 0.147. The fourth-order valence-corrected chi connectivity index (χ4v) is 1.46. The van der Waals surface area contributed by atoms with Gasteiger partial charge in [0, 0.05) is 9.52 Å². The smallest absolute Gasteiger partial charge is 0.0866 e. The second kappa shape index (κ2) is 4.31. The van der Waals surface area contributed by atoms with E-state index in [9.17, 15) is 4.39 Å². The van der Waals surface area contributed by atoms with Crippen LogP contribution in [-0.4, -0.2) is 16.2 Å². The molecule has 0 atom stereocenters. The van der Waals surface area contributed by atoms with Gasteiger partial charge in [-0.15, -0.1) is 0 Å². The molecule has 0 aliphatic rings. The molecule has 0 fully saturated rings. The topological polar surface area (TPSA) is 0 Å². The predicted octanol–water partition coefficient (Wildman–Crippen LogP) is 1.37. The molecular formula is C5H13FSi. The van der Waals surface area contributed by atoms with Gasteiger partial charge < -0.3 is 0 Å². The lowest BCUT2D eigenvalue weighted by Crippen LogP contribution is -1.94. The molecule has 0 nitrogen and oxygen atoms in total. The van der Waals surface area contributed by atoms with Crippen molar-refractivity contribution in [2.75, 3.05) is 6.67 Å². The van der Waals surface area contributed by atoms with Crippen LogP contribution < -0.4 is 0 Å². The predicted molar refractivity (Wildman–Crippen MR) is 34.4 cm³/mol. The van der Waals surface area contributed by atoms with Crippen molar-refractivity contribution in [2.45, 2.75) is 25.4 Å². The first-order chi connectivity index (χ1) is 3.27. The van der Waals surface area contributed by atoms with Crippen LogP contribution in [0.15, 0.2) is 0 Å². The summed E-state index contributed by atoms with van der Waals surface area (Å²) in [5.41, 5.74) is 0.802. The average Bonchev–Trinajstić information content (AvgIpc) is 1.61. The van der Waals surface area contributed by atoms with Crippen molar-refractivity contribution in [2.24, 2.45) is 0 Å². The van der Waals surface area contributed by atoms with Gasteiger partial charge in [-0.1, -0.05) is 19.4 Å². The molecule has 0 heterocycles. The van der Waals surface area contributed by atoms with Gasteiger partial charge in [0.1, 0.15) is 0 Å². The fourth-order valence-electron chi connectivity index (χ4n) is 0.485. The molecule has 0 saturated carbocycles. The van der Waals surface area contributed by atoms with Crippen LogP contribution in [0, 0.1) is 0 Å². The standard InChI is InChI=1S/C5H13FSi/c1-5(2)7-4-3-6/h5H,3-4,7H2,1-2H3. The third-order valence-electron chi connectivity index (χ3n) is 0.915. The molecule has 0 saturated heterocycles. The van der Waals surface area contributed by atoms with Crippen molar-refractivity contribution in [1.82, 2.24) is 0 Å². The summed E-state index contributed by atoms with van der Waals surface area (Å²) in [6.45, 7) is 4.24. The lowest BCUT2D eigenvalue weighted by molar-refractivity contribution is 0.525. The number of alkyl halides is 1. The third-order valence-corrected chi connectivity index (χ3v) is 2.75. The lowest BCUT2D eigenvalue weighted by Gasteiger charge is -1.96. The van der Waals surface area contributed by atoms with Crippen molar-refractivity contribution >= 4 is 9.52 Å². The van der Waals surface area contributed by atoms with Crippen LogP contribution in [-0.2, 0) is 0 Å². The normalized spacial score (nSPS) is 12.0. The molecule has 0 radical (unpaired) electrons. The molecule has 0 spiro atoms. The molecule has 7 heavy (non-hydrogen) atoms. The SMILES string of the molecule is CC(C)[SiH2]CCF. The van der Waals surface area contributed by atoms with Crippen LogP contribution in [0.3, 0.4) is 0 Å². The first-order valence-corrected chi connectivity index (χ1v) is 4.65. The van der Waals surface area contributed by atoms with Gasteiger partial charge in [-0.25, -0.2) is 0 Å². The van der Waals surface area contributed by atoms with E-state index in [-0.39, 0.29) is 16.2 Å². The van der Waals surface area contributed by atoms with Gasteiger partial charge in [0.25, 0.3) is 0 Å². The quantitative estimate of drug-likeness (QED) is 0.493. The van der Waals surface area contributed by atoms with Crippen molar-refractivity contribution in [1.29, 1.82) is 0 Å². The number of hydrogen-bond acceptors (Lipinski definition) is 0. The Balaban J connectivity index is 2.68. The Morgan fingerprint density at radius 1 is 1.57 bits per heavy atom. The van der Waals surface area contributed by atoms with E-state index in [1.54, 1.807) is 0 Å². The van der Waals surface area contributed by atoms with Gasteiger partial charge in [0.2, 0.25) is 0 Å². The van der Waals surface area contributed by atoms with Crippen LogP contribution >= 0.6 is 0 Å². The van der Waals surface area contributed by atoms with Crippen molar-refractivity contribution < 1.29 is 4.39 Å². The zero-order valence-corrected chi connectivity index (χ0v) is 6.49. The summed E-state index contributed by atoms with van der Waals surface area (Å²) < 4.78 is 11.4. The summed E-state index contributed by atoms with van der Waals surface area (Å²) in [7, 11) is -0.0289. The summed E-state index contributed by atoms with van der Waals surface area (Å²) in [6.07, 6.45) is 0. The molecular weight excluding hydrogens is 107 g/mol.